The highest BCUT2D eigenvalue weighted by molar-refractivity contribution is 6.03. The average molecular weight is 989 g/mol. The minimum Gasteiger partial charge on any atom is -0.478 e. The third-order valence-corrected chi connectivity index (χ3v) is 11.6. The molecule has 8 rings (SSSR count). The number of benzene rings is 8. The Bertz CT molecular complexity index is 3150. The van der Waals surface area contributed by atoms with Gasteiger partial charge in [0, 0.05) is 46.7 Å². The zero-order valence-corrected chi connectivity index (χ0v) is 39.7. The van der Waals surface area contributed by atoms with Crippen LogP contribution in [0.2, 0.25) is 0 Å². The fraction of sp³-hybridized carbons (Fsp3) is 0.100. The largest absolute Gasteiger partial charge is 0.478 e. The average Bonchev–Trinajstić information content (AvgIpc) is 3.42. The van der Waals surface area contributed by atoms with Crippen LogP contribution in [-0.2, 0) is 27.2 Å². The van der Waals surface area contributed by atoms with Crippen molar-refractivity contribution in [3.8, 4) is 22.3 Å². The number of methoxy groups -OCH3 is 1. The van der Waals surface area contributed by atoms with Gasteiger partial charge in [0.25, 0.3) is 11.8 Å². The summed E-state index contributed by atoms with van der Waals surface area (Å²) in [7, 11) is 1.29. The summed E-state index contributed by atoms with van der Waals surface area (Å²) in [6, 6.07) is 59.0. The quantitative estimate of drug-likeness (QED) is 0.0358. The third kappa shape index (κ3) is 15.1. The first-order chi connectivity index (χ1) is 35.3. The predicted octanol–water partition coefficient (Wildman–Crippen LogP) is 9.95. The molecule has 0 radical (unpaired) electrons. The van der Waals surface area contributed by atoms with E-state index in [1.54, 1.807) is 48.5 Å². The van der Waals surface area contributed by atoms with Gasteiger partial charge in [0.2, 0.25) is 11.8 Å². The molecule has 0 aliphatic carbocycles. The summed E-state index contributed by atoms with van der Waals surface area (Å²) in [5.41, 5.74) is 20.8. The van der Waals surface area contributed by atoms with Crippen molar-refractivity contribution in [2.75, 3.05) is 29.2 Å². The Morgan fingerprint density at radius 3 is 1.09 bits per heavy atom. The van der Waals surface area contributed by atoms with Crippen molar-refractivity contribution < 1.29 is 38.6 Å². The smallest absolute Gasteiger partial charge is 0.337 e. The lowest BCUT2D eigenvalue weighted by Crippen LogP contribution is -2.45. The Morgan fingerprint density at radius 1 is 0.432 bits per heavy atom. The monoisotopic (exact) mass is 988 g/mol. The number of anilines is 4. The van der Waals surface area contributed by atoms with Gasteiger partial charge in [-0.15, -0.1) is 0 Å². The second-order valence-corrected chi connectivity index (χ2v) is 16.8. The lowest BCUT2D eigenvalue weighted by molar-refractivity contribution is -0.118. The van der Waals surface area contributed by atoms with Gasteiger partial charge in [0.05, 0.1) is 18.2 Å². The van der Waals surface area contributed by atoms with Crippen LogP contribution in [0.5, 0.6) is 0 Å². The molecule has 0 fully saturated rings. The summed E-state index contributed by atoms with van der Waals surface area (Å²) < 4.78 is 4.70. The fourth-order valence-corrected chi connectivity index (χ4v) is 7.53. The maximum atomic E-state index is 13.2. The number of nitrogens with two attached hydrogens (primary N) is 2. The number of rotatable bonds is 16. The number of carbonyl (C=O) groups is 6. The molecule has 8 aromatic rings. The van der Waals surface area contributed by atoms with Crippen LogP contribution >= 0.6 is 0 Å². The van der Waals surface area contributed by atoms with Crippen LogP contribution in [0.25, 0.3) is 22.3 Å². The number of carbonyl (C=O) groups excluding carboxylic acids is 5. The van der Waals surface area contributed by atoms with Crippen molar-refractivity contribution in [3.63, 3.8) is 0 Å². The van der Waals surface area contributed by atoms with Crippen LogP contribution in [0.1, 0.15) is 60.0 Å². The molecule has 0 aromatic heterocycles. The van der Waals surface area contributed by atoms with E-state index in [-0.39, 0.29) is 43.2 Å². The number of nitrogen functional groups attached to an aromatic ring is 2. The van der Waals surface area contributed by atoms with Gasteiger partial charge < -0.3 is 42.6 Å². The highest BCUT2D eigenvalue weighted by atomic mass is 16.5. The van der Waals surface area contributed by atoms with Crippen molar-refractivity contribution in [2.24, 2.45) is 0 Å². The maximum absolute atomic E-state index is 13.2. The number of carboxylic acids is 1. The first-order valence-electron chi connectivity index (χ1n) is 23.1. The molecule has 0 unspecified atom stereocenters. The summed E-state index contributed by atoms with van der Waals surface area (Å²) in [6.07, 6.45) is 0.538. The van der Waals surface area contributed by atoms with Gasteiger partial charge in [-0.1, -0.05) is 117 Å². The van der Waals surface area contributed by atoms with E-state index in [1.807, 2.05) is 109 Å². The Kier molecular flexibility index (Phi) is 18.7. The van der Waals surface area contributed by atoms with Crippen molar-refractivity contribution in [2.45, 2.75) is 32.4 Å². The molecular weight excluding hydrogens is 933 g/mol. The third-order valence-electron chi connectivity index (χ3n) is 11.6. The molecule has 374 valence electrons. The van der Waals surface area contributed by atoms with Crippen LogP contribution in [-0.4, -0.2) is 59.9 Å². The zero-order chi connectivity index (χ0) is 51.7. The normalized spacial score (nSPS) is 11.1. The minimum atomic E-state index is -1.08. The highest BCUT2D eigenvalue weighted by Gasteiger charge is 2.24. The standard InChI is InChI=1S/C30H27N3O4.C29H25N3O4.CH4/c1-37-30(36)24-13-11-23(12-14-24)28(34)33-27(29(35)32-26-17-15-25(31)16-18-26)19-20-7-9-22(10-8-20)21-5-3-2-4-6-21;30-24-14-16-25(17-15-24)31-28(34)26(32-27(33)22-10-12-23(13-11-22)29(35)36)18-19-6-8-21(9-7-19)20-4-2-1-3-5-20;/h2-18,27H,19,31H2,1H3,(H,32,35)(H,33,34);1-17,26H,18,30H2,(H,31,34)(H,32,33)(H,35,36);1H4/t27-;26-;/m11./s1. The highest BCUT2D eigenvalue weighted by Crippen LogP contribution is 2.22. The molecule has 14 heteroatoms. The van der Waals surface area contributed by atoms with E-state index in [1.165, 1.54) is 55.6 Å². The van der Waals surface area contributed by atoms with Gasteiger partial charge >= 0.3 is 11.9 Å². The van der Waals surface area contributed by atoms with E-state index in [9.17, 15) is 28.8 Å². The van der Waals surface area contributed by atoms with Crippen molar-refractivity contribution in [3.05, 3.63) is 240 Å². The summed E-state index contributed by atoms with van der Waals surface area (Å²) >= 11 is 0. The van der Waals surface area contributed by atoms with Crippen LogP contribution < -0.4 is 32.7 Å². The van der Waals surface area contributed by atoms with E-state index < -0.39 is 35.8 Å². The number of aromatic carboxylic acids is 1. The zero-order valence-electron chi connectivity index (χ0n) is 39.7. The number of amides is 4. The van der Waals surface area contributed by atoms with Crippen LogP contribution in [0.15, 0.2) is 206 Å². The second kappa shape index (κ2) is 25.9. The second-order valence-electron chi connectivity index (χ2n) is 16.8. The van der Waals surface area contributed by atoms with Gasteiger partial charge in [-0.2, -0.15) is 0 Å². The lowest BCUT2D eigenvalue weighted by atomic mass is 10.00. The van der Waals surface area contributed by atoms with Gasteiger partial charge in [0.15, 0.2) is 0 Å². The Balaban J connectivity index is 0.000000238. The molecule has 0 spiro atoms. The number of carboxylic acid groups (broad SMARTS) is 1. The number of hydrogen-bond acceptors (Lipinski definition) is 9. The first-order valence-corrected chi connectivity index (χ1v) is 23.1. The summed E-state index contributed by atoms with van der Waals surface area (Å²) in [4.78, 5) is 75.1. The van der Waals surface area contributed by atoms with E-state index in [4.69, 9.17) is 21.3 Å². The van der Waals surface area contributed by atoms with Crippen LogP contribution in [0.4, 0.5) is 22.7 Å². The molecule has 0 heterocycles. The molecule has 14 nitrogen and oxygen atoms in total. The Labute approximate surface area is 429 Å². The van der Waals surface area contributed by atoms with Crippen molar-refractivity contribution >= 4 is 58.3 Å². The van der Waals surface area contributed by atoms with Crippen molar-refractivity contribution in [1.82, 2.24) is 10.6 Å². The molecule has 0 aliphatic heterocycles. The number of hydrogen-bond donors (Lipinski definition) is 7. The van der Waals surface area contributed by atoms with Gasteiger partial charge in [0.1, 0.15) is 12.1 Å². The number of ether oxygens (including phenoxy) is 1. The van der Waals surface area contributed by atoms with Gasteiger partial charge in [-0.3, -0.25) is 19.2 Å². The predicted molar refractivity (Wildman–Crippen MR) is 291 cm³/mol. The first kappa shape index (κ1) is 53.5. The van der Waals surface area contributed by atoms with E-state index >= 15 is 0 Å². The van der Waals surface area contributed by atoms with E-state index in [2.05, 4.69) is 21.3 Å². The Hall–Kier alpha value is -9.82. The van der Waals surface area contributed by atoms with Crippen LogP contribution in [0, 0.1) is 0 Å². The number of esters is 1. The molecule has 0 aliphatic rings. The number of nitrogens with one attached hydrogen (secondary N) is 4. The fourth-order valence-electron chi connectivity index (χ4n) is 7.53. The molecule has 8 aromatic carbocycles. The molecule has 0 saturated heterocycles. The van der Waals surface area contributed by atoms with Gasteiger partial charge in [-0.25, -0.2) is 9.59 Å². The van der Waals surface area contributed by atoms with E-state index in [0.717, 1.165) is 33.4 Å². The summed E-state index contributed by atoms with van der Waals surface area (Å²) in [5, 5.41) is 20.4. The van der Waals surface area contributed by atoms with Crippen molar-refractivity contribution in [1.29, 1.82) is 0 Å². The summed E-state index contributed by atoms with van der Waals surface area (Å²) in [5.74, 6) is -3.24. The SMILES string of the molecule is C.COC(=O)c1ccc(C(=O)N[C@H](Cc2ccc(-c3ccccc3)cc2)C(=O)Nc2ccc(N)cc2)cc1.Nc1ccc(NC(=O)[C@@H](Cc2ccc(-c3ccccc3)cc2)NC(=O)c2ccc(C(=O)O)cc2)cc1. The molecule has 4 amide bonds. The molecule has 9 N–H and O–H groups in total. The van der Waals surface area contributed by atoms with Crippen LogP contribution in [0.3, 0.4) is 0 Å². The lowest BCUT2D eigenvalue weighted by Gasteiger charge is -2.19. The maximum Gasteiger partial charge on any atom is 0.337 e. The minimum absolute atomic E-state index is 0. The topological polar surface area (TPSA) is 232 Å². The molecule has 2 atom stereocenters. The van der Waals surface area contributed by atoms with Gasteiger partial charge in [-0.05, 0) is 130 Å². The molecule has 0 bridgehead atoms. The van der Waals surface area contributed by atoms with E-state index in [0.29, 0.717) is 33.9 Å². The molecule has 74 heavy (non-hydrogen) atoms. The molecular formula is C60H56N6O8. The Morgan fingerprint density at radius 2 is 0.757 bits per heavy atom. The summed E-state index contributed by atoms with van der Waals surface area (Å²) in [6.45, 7) is 0. The molecule has 0 saturated carbocycles.